The van der Waals surface area contributed by atoms with E-state index in [1.807, 2.05) is 6.07 Å². The second-order valence-electron chi connectivity index (χ2n) is 6.04. The van der Waals surface area contributed by atoms with Crippen molar-refractivity contribution < 1.29 is 14.0 Å². The molecular formula is C18H16FN3O2. The van der Waals surface area contributed by atoms with Crippen LogP contribution in [0.25, 0.3) is 0 Å². The van der Waals surface area contributed by atoms with E-state index in [0.29, 0.717) is 16.9 Å². The number of amides is 2. The molecule has 6 heteroatoms. The number of halogens is 1. The summed E-state index contributed by atoms with van der Waals surface area (Å²) in [6.07, 6.45) is 1.84. The highest BCUT2D eigenvalue weighted by Crippen LogP contribution is 2.37. The number of fused-ring (bicyclic) bond motifs is 3. The Hall–Kier alpha value is -2.89. The maximum atomic E-state index is 13.2. The van der Waals surface area contributed by atoms with Gasteiger partial charge in [0.1, 0.15) is 11.9 Å². The van der Waals surface area contributed by atoms with Crippen LogP contribution in [0.4, 0.5) is 21.5 Å². The summed E-state index contributed by atoms with van der Waals surface area (Å²) in [5, 5.41) is 5.54. The lowest BCUT2D eigenvalue weighted by Crippen LogP contribution is -2.43. The first-order valence-corrected chi connectivity index (χ1v) is 7.90. The molecule has 2 heterocycles. The van der Waals surface area contributed by atoms with Crippen LogP contribution in [0.15, 0.2) is 42.5 Å². The summed E-state index contributed by atoms with van der Waals surface area (Å²) in [5.74, 6) is -0.783. The lowest BCUT2D eigenvalue weighted by molar-refractivity contribution is -0.117. The van der Waals surface area contributed by atoms with Crippen LogP contribution in [0, 0.1) is 5.82 Å². The Kier molecular flexibility index (Phi) is 3.45. The van der Waals surface area contributed by atoms with Crippen molar-refractivity contribution in [1.29, 1.82) is 0 Å². The third kappa shape index (κ3) is 2.50. The molecule has 24 heavy (non-hydrogen) atoms. The molecular weight excluding hydrogens is 309 g/mol. The predicted octanol–water partition coefficient (Wildman–Crippen LogP) is 3.00. The van der Waals surface area contributed by atoms with Gasteiger partial charge in [-0.25, -0.2) is 4.39 Å². The van der Waals surface area contributed by atoms with E-state index in [1.165, 1.54) is 18.2 Å². The standard InChI is InChI=1S/C18H16FN3O2/c19-12-3-1-4-13(10-12)20-17(23)11-6-7-15-14(9-11)21-18(24)16-5-2-8-22(15)16/h1,3-4,6-7,9-10,16H,2,5,8H2,(H,20,23)(H,21,24). The zero-order valence-electron chi connectivity index (χ0n) is 12.9. The van der Waals surface area contributed by atoms with Crippen LogP contribution >= 0.6 is 0 Å². The van der Waals surface area contributed by atoms with Crippen molar-refractivity contribution in [3.63, 3.8) is 0 Å². The Bertz CT molecular complexity index is 837. The molecule has 1 atom stereocenters. The molecule has 0 aromatic heterocycles. The van der Waals surface area contributed by atoms with Gasteiger partial charge in [-0.3, -0.25) is 9.59 Å². The zero-order chi connectivity index (χ0) is 16.7. The van der Waals surface area contributed by atoms with E-state index in [1.54, 1.807) is 18.2 Å². The molecule has 2 aliphatic rings. The van der Waals surface area contributed by atoms with Gasteiger partial charge in [0, 0.05) is 17.8 Å². The number of nitrogens with one attached hydrogen (secondary N) is 2. The summed E-state index contributed by atoms with van der Waals surface area (Å²) < 4.78 is 13.2. The summed E-state index contributed by atoms with van der Waals surface area (Å²) >= 11 is 0. The molecule has 2 aromatic carbocycles. The fraction of sp³-hybridized carbons (Fsp3) is 0.222. The lowest BCUT2D eigenvalue weighted by Gasteiger charge is -2.33. The summed E-state index contributed by atoms with van der Waals surface area (Å²) in [4.78, 5) is 26.6. The van der Waals surface area contributed by atoms with E-state index >= 15 is 0 Å². The molecule has 5 nitrogen and oxygen atoms in total. The van der Waals surface area contributed by atoms with E-state index in [2.05, 4.69) is 15.5 Å². The SMILES string of the molecule is O=C(Nc1cccc(F)c1)c1ccc2c(c1)NC(=O)C1CCCN21. The smallest absolute Gasteiger partial charge is 0.255 e. The average Bonchev–Trinajstić information content (AvgIpc) is 3.05. The maximum Gasteiger partial charge on any atom is 0.255 e. The highest BCUT2D eigenvalue weighted by molar-refractivity contribution is 6.08. The van der Waals surface area contributed by atoms with Crippen molar-refractivity contribution in [3.8, 4) is 0 Å². The Balaban J connectivity index is 1.60. The van der Waals surface area contributed by atoms with Crippen LogP contribution < -0.4 is 15.5 Å². The summed E-state index contributed by atoms with van der Waals surface area (Å²) in [6, 6.07) is 10.9. The molecule has 4 rings (SSSR count). The van der Waals surface area contributed by atoms with E-state index < -0.39 is 5.82 Å². The first kappa shape index (κ1) is 14.7. The number of hydrogen-bond donors (Lipinski definition) is 2. The fourth-order valence-electron chi connectivity index (χ4n) is 3.34. The van der Waals surface area contributed by atoms with Crippen molar-refractivity contribution in [2.24, 2.45) is 0 Å². The molecule has 2 aromatic rings. The van der Waals surface area contributed by atoms with Gasteiger partial charge >= 0.3 is 0 Å². The van der Waals surface area contributed by atoms with Crippen LogP contribution in [0.5, 0.6) is 0 Å². The first-order chi connectivity index (χ1) is 11.6. The Morgan fingerprint density at radius 1 is 1.25 bits per heavy atom. The van der Waals surface area contributed by atoms with E-state index in [0.717, 1.165) is 25.1 Å². The van der Waals surface area contributed by atoms with Gasteiger partial charge in [-0.1, -0.05) is 6.07 Å². The number of anilines is 3. The number of carbonyl (C=O) groups excluding carboxylic acids is 2. The van der Waals surface area contributed by atoms with E-state index in [4.69, 9.17) is 0 Å². The normalized spacial score (nSPS) is 18.6. The molecule has 2 amide bonds. The predicted molar refractivity (Wildman–Crippen MR) is 89.8 cm³/mol. The highest BCUT2D eigenvalue weighted by atomic mass is 19.1. The Morgan fingerprint density at radius 2 is 2.12 bits per heavy atom. The first-order valence-electron chi connectivity index (χ1n) is 7.90. The van der Waals surface area contributed by atoms with Crippen LogP contribution in [0.2, 0.25) is 0 Å². The topological polar surface area (TPSA) is 61.4 Å². The summed E-state index contributed by atoms with van der Waals surface area (Å²) in [6.45, 7) is 0.847. The maximum absolute atomic E-state index is 13.2. The van der Waals surface area contributed by atoms with Gasteiger partial charge in [0.2, 0.25) is 5.91 Å². The van der Waals surface area contributed by atoms with Crippen LogP contribution in [-0.2, 0) is 4.79 Å². The monoisotopic (exact) mass is 325 g/mol. The molecule has 2 aliphatic heterocycles. The molecule has 0 bridgehead atoms. The van der Waals surface area contributed by atoms with Gasteiger partial charge in [-0.15, -0.1) is 0 Å². The Morgan fingerprint density at radius 3 is 2.96 bits per heavy atom. The van der Waals surface area contributed by atoms with Crippen molar-refractivity contribution in [3.05, 3.63) is 53.8 Å². The minimum atomic E-state index is -0.412. The van der Waals surface area contributed by atoms with Gasteiger partial charge in [0.15, 0.2) is 0 Å². The minimum Gasteiger partial charge on any atom is -0.358 e. The average molecular weight is 325 g/mol. The third-order valence-corrected chi connectivity index (χ3v) is 4.46. The molecule has 0 radical (unpaired) electrons. The largest absolute Gasteiger partial charge is 0.358 e. The highest BCUT2D eigenvalue weighted by Gasteiger charge is 2.36. The van der Waals surface area contributed by atoms with Crippen molar-refractivity contribution >= 4 is 28.9 Å². The second kappa shape index (κ2) is 5.63. The number of carbonyl (C=O) groups is 2. The molecule has 2 N–H and O–H groups in total. The number of hydrogen-bond acceptors (Lipinski definition) is 3. The molecule has 0 saturated carbocycles. The second-order valence-corrected chi connectivity index (χ2v) is 6.04. The van der Waals surface area contributed by atoms with Crippen molar-refractivity contribution in [2.45, 2.75) is 18.9 Å². The lowest BCUT2D eigenvalue weighted by atomic mass is 10.1. The van der Waals surface area contributed by atoms with Crippen molar-refractivity contribution in [2.75, 3.05) is 22.1 Å². The quantitative estimate of drug-likeness (QED) is 0.892. The summed E-state index contributed by atoms with van der Waals surface area (Å²) in [5.41, 5.74) is 2.39. The van der Waals surface area contributed by atoms with Gasteiger partial charge in [0.05, 0.1) is 11.4 Å². The molecule has 122 valence electrons. The van der Waals surface area contributed by atoms with Gasteiger partial charge in [-0.05, 0) is 49.2 Å². The Labute approximate surface area is 138 Å². The number of rotatable bonds is 2. The van der Waals surface area contributed by atoms with Gasteiger partial charge in [0.25, 0.3) is 5.91 Å². The van der Waals surface area contributed by atoms with E-state index in [-0.39, 0.29) is 17.9 Å². The molecule has 1 unspecified atom stereocenters. The molecule has 0 spiro atoms. The summed E-state index contributed by atoms with van der Waals surface area (Å²) in [7, 11) is 0. The fourth-order valence-corrected chi connectivity index (χ4v) is 3.34. The zero-order valence-corrected chi connectivity index (χ0v) is 12.9. The number of benzene rings is 2. The molecule has 1 saturated heterocycles. The molecule has 1 fully saturated rings. The van der Waals surface area contributed by atoms with E-state index in [9.17, 15) is 14.0 Å². The number of nitrogens with zero attached hydrogens (tertiary/aromatic N) is 1. The van der Waals surface area contributed by atoms with Gasteiger partial charge < -0.3 is 15.5 Å². The van der Waals surface area contributed by atoms with Crippen LogP contribution in [0.3, 0.4) is 0 Å². The minimum absolute atomic E-state index is 0.0253. The van der Waals surface area contributed by atoms with Crippen molar-refractivity contribution in [1.82, 2.24) is 0 Å². The third-order valence-electron chi connectivity index (χ3n) is 4.46. The van der Waals surface area contributed by atoms with Crippen LogP contribution in [-0.4, -0.2) is 24.4 Å². The van der Waals surface area contributed by atoms with Gasteiger partial charge in [-0.2, -0.15) is 0 Å². The van der Waals surface area contributed by atoms with Crippen LogP contribution in [0.1, 0.15) is 23.2 Å². The molecule has 0 aliphatic carbocycles.